The van der Waals surface area contributed by atoms with Crippen molar-refractivity contribution in [2.75, 3.05) is 23.3 Å². The monoisotopic (exact) mass is 360 g/mol. The van der Waals surface area contributed by atoms with Crippen molar-refractivity contribution in [2.45, 2.75) is 32.7 Å². The van der Waals surface area contributed by atoms with E-state index in [1.807, 2.05) is 17.9 Å². The highest BCUT2D eigenvalue weighted by molar-refractivity contribution is 5.96. The van der Waals surface area contributed by atoms with Gasteiger partial charge in [0.1, 0.15) is 6.07 Å². The van der Waals surface area contributed by atoms with Crippen LogP contribution in [-0.4, -0.2) is 33.9 Å². The normalized spacial score (nSPS) is 17.1. The summed E-state index contributed by atoms with van der Waals surface area (Å²) in [5, 5.41) is 18.6. The van der Waals surface area contributed by atoms with E-state index in [4.69, 9.17) is 0 Å². The minimum absolute atomic E-state index is 0.275. The van der Waals surface area contributed by atoms with Crippen molar-refractivity contribution in [1.82, 2.24) is 14.8 Å². The summed E-state index contributed by atoms with van der Waals surface area (Å²) < 4.78 is 1.84. The summed E-state index contributed by atoms with van der Waals surface area (Å²) in [6.07, 6.45) is 7.84. The summed E-state index contributed by atoms with van der Waals surface area (Å²) >= 11 is 0. The summed E-state index contributed by atoms with van der Waals surface area (Å²) in [7, 11) is 1.94. The molecule has 0 aliphatic carbocycles. The third-order valence-electron chi connectivity index (χ3n) is 5.25. The fourth-order valence-electron chi connectivity index (χ4n) is 4.01. The highest BCUT2D eigenvalue weighted by atomic mass is 15.3. The second-order valence-electron chi connectivity index (χ2n) is 7.44. The van der Waals surface area contributed by atoms with Crippen LogP contribution in [0.3, 0.4) is 0 Å². The zero-order chi connectivity index (χ0) is 19.0. The maximum Gasteiger partial charge on any atom is 0.103 e. The Balaban J connectivity index is 1.67. The number of nitrogens with one attached hydrogen (secondary N) is 1. The fourth-order valence-corrected chi connectivity index (χ4v) is 4.01. The lowest BCUT2D eigenvalue weighted by Gasteiger charge is -2.34. The molecule has 1 fully saturated rings. The Kier molecular flexibility index (Phi) is 4.44. The first-order valence-electron chi connectivity index (χ1n) is 9.35. The maximum absolute atomic E-state index is 9.63. The Morgan fingerprint density at radius 1 is 1.26 bits per heavy atom. The predicted octanol–water partition coefficient (Wildman–Crippen LogP) is 3.54. The lowest BCUT2D eigenvalue weighted by Crippen LogP contribution is -2.42. The van der Waals surface area contributed by atoms with Gasteiger partial charge in [0.05, 0.1) is 28.7 Å². The van der Waals surface area contributed by atoms with Crippen molar-refractivity contribution >= 4 is 22.3 Å². The molecule has 27 heavy (non-hydrogen) atoms. The fraction of sp³-hybridized carbons (Fsp3) is 0.381. The number of hydrogen-bond acceptors (Lipinski definition) is 5. The van der Waals surface area contributed by atoms with Gasteiger partial charge in [0.15, 0.2) is 0 Å². The molecule has 1 aromatic carbocycles. The highest BCUT2D eigenvalue weighted by Crippen LogP contribution is 2.31. The van der Waals surface area contributed by atoms with Crippen LogP contribution >= 0.6 is 0 Å². The molecule has 138 valence electrons. The number of anilines is 2. The van der Waals surface area contributed by atoms with Crippen molar-refractivity contribution in [1.29, 1.82) is 5.26 Å². The molecule has 6 heteroatoms. The molecule has 4 rings (SSSR count). The van der Waals surface area contributed by atoms with Crippen LogP contribution in [0, 0.1) is 25.2 Å². The van der Waals surface area contributed by atoms with E-state index in [1.165, 1.54) is 5.56 Å². The molecule has 0 bridgehead atoms. The SMILES string of the molecule is Cc1cc(C)c2ncc(C#N)c(NC3CCCN(c4cnn(C)c4)C3)c2c1. The van der Waals surface area contributed by atoms with Gasteiger partial charge in [-0.25, -0.2) is 0 Å². The summed E-state index contributed by atoms with van der Waals surface area (Å²) in [6.45, 7) is 6.08. The van der Waals surface area contributed by atoms with Crippen molar-refractivity contribution in [3.05, 3.63) is 47.4 Å². The summed E-state index contributed by atoms with van der Waals surface area (Å²) in [5.74, 6) is 0. The van der Waals surface area contributed by atoms with Crippen molar-refractivity contribution < 1.29 is 0 Å². The first-order valence-corrected chi connectivity index (χ1v) is 9.35. The molecule has 3 heterocycles. The average molecular weight is 360 g/mol. The van der Waals surface area contributed by atoms with E-state index in [-0.39, 0.29) is 6.04 Å². The number of hydrogen-bond donors (Lipinski definition) is 1. The zero-order valence-corrected chi connectivity index (χ0v) is 16.0. The van der Waals surface area contributed by atoms with E-state index in [0.29, 0.717) is 5.56 Å². The van der Waals surface area contributed by atoms with Crippen molar-refractivity contribution in [3.63, 3.8) is 0 Å². The zero-order valence-electron chi connectivity index (χ0n) is 16.0. The number of benzene rings is 1. The number of rotatable bonds is 3. The molecule has 0 saturated carbocycles. The van der Waals surface area contributed by atoms with Gasteiger partial charge in [-0.2, -0.15) is 10.4 Å². The minimum atomic E-state index is 0.275. The third kappa shape index (κ3) is 3.33. The van der Waals surface area contributed by atoms with Gasteiger partial charge in [0, 0.05) is 44.0 Å². The van der Waals surface area contributed by atoms with Crippen LogP contribution < -0.4 is 10.2 Å². The van der Waals surface area contributed by atoms with Gasteiger partial charge in [-0.05, 0) is 38.3 Å². The van der Waals surface area contributed by atoms with E-state index in [9.17, 15) is 5.26 Å². The molecular formula is C21H24N6. The molecule has 0 amide bonds. The van der Waals surface area contributed by atoms with Gasteiger partial charge in [-0.15, -0.1) is 0 Å². The minimum Gasteiger partial charge on any atom is -0.379 e. The lowest BCUT2D eigenvalue weighted by molar-refractivity contribution is 0.530. The third-order valence-corrected chi connectivity index (χ3v) is 5.25. The molecule has 1 saturated heterocycles. The average Bonchev–Trinajstić information content (AvgIpc) is 3.09. The van der Waals surface area contributed by atoms with Crippen LogP contribution in [0.2, 0.25) is 0 Å². The Labute approximate surface area is 159 Å². The van der Waals surface area contributed by atoms with E-state index in [0.717, 1.165) is 53.8 Å². The molecular weight excluding hydrogens is 336 g/mol. The molecule has 0 radical (unpaired) electrons. The van der Waals surface area contributed by atoms with Gasteiger partial charge >= 0.3 is 0 Å². The van der Waals surface area contributed by atoms with Gasteiger partial charge in [-0.3, -0.25) is 9.67 Å². The van der Waals surface area contributed by atoms with Crippen molar-refractivity contribution in [3.8, 4) is 6.07 Å². The maximum atomic E-state index is 9.63. The van der Waals surface area contributed by atoms with Crippen LogP contribution in [0.15, 0.2) is 30.7 Å². The van der Waals surface area contributed by atoms with Crippen LogP contribution in [0.1, 0.15) is 29.5 Å². The van der Waals surface area contributed by atoms with E-state index >= 15 is 0 Å². The van der Waals surface area contributed by atoms with Gasteiger partial charge in [0.25, 0.3) is 0 Å². The summed E-state index contributed by atoms with van der Waals surface area (Å²) in [4.78, 5) is 6.89. The Hall–Kier alpha value is -3.07. The second kappa shape index (κ2) is 6.92. The largest absolute Gasteiger partial charge is 0.379 e. The molecule has 1 atom stereocenters. The Morgan fingerprint density at radius 2 is 2.11 bits per heavy atom. The van der Waals surface area contributed by atoms with Crippen LogP contribution in [0.5, 0.6) is 0 Å². The first kappa shape index (κ1) is 17.3. The number of aromatic nitrogens is 3. The van der Waals surface area contributed by atoms with Crippen LogP contribution in [0.4, 0.5) is 11.4 Å². The van der Waals surface area contributed by atoms with E-state index < -0.39 is 0 Å². The second-order valence-corrected chi connectivity index (χ2v) is 7.44. The molecule has 1 aliphatic heterocycles. The number of piperidine rings is 1. The lowest BCUT2D eigenvalue weighted by atomic mass is 10.0. The first-order chi connectivity index (χ1) is 13.0. The number of pyridine rings is 1. The number of fused-ring (bicyclic) bond motifs is 1. The topological polar surface area (TPSA) is 69.8 Å². The predicted molar refractivity (Wildman–Crippen MR) is 108 cm³/mol. The molecule has 0 spiro atoms. The van der Waals surface area contributed by atoms with Crippen LogP contribution in [0.25, 0.3) is 10.9 Å². The standard InChI is InChI=1S/C21H24N6/c1-14-7-15(2)20-19(8-14)21(16(9-22)10-23-20)25-17-5-4-6-27(12-17)18-11-24-26(3)13-18/h7-8,10-11,13,17H,4-6,12H2,1-3H3,(H,23,25). The highest BCUT2D eigenvalue weighted by Gasteiger charge is 2.23. The van der Waals surface area contributed by atoms with E-state index in [2.05, 4.69) is 58.5 Å². The van der Waals surface area contributed by atoms with Crippen molar-refractivity contribution in [2.24, 2.45) is 7.05 Å². The molecule has 1 N–H and O–H groups in total. The Morgan fingerprint density at radius 3 is 2.85 bits per heavy atom. The summed E-state index contributed by atoms with van der Waals surface area (Å²) in [5.41, 5.74) is 5.94. The van der Waals surface area contributed by atoms with E-state index in [1.54, 1.807) is 6.20 Å². The van der Waals surface area contributed by atoms with Gasteiger partial charge < -0.3 is 10.2 Å². The molecule has 2 aromatic heterocycles. The smallest absolute Gasteiger partial charge is 0.103 e. The van der Waals surface area contributed by atoms with Gasteiger partial charge in [0.2, 0.25) is 0 Å². The summed E-state index contributed by atoms with van der Waals surface area (Å²) in [6, 6.07) is 6.85. The number of nitrogens with zero attached hydrogens (tertiary/aromatic N) is 5. The van der Waals surface area contributed by atoms with Gasteiger partial charge in [-0.1, -0.05) is 11.6 Å². The van der Waals surface area contributed by atoms with Crippen LogP contribution in [-0.2, 0) is 7.05 Å². The molecule has 6 nitrogen and oxygen atoms in total. The number of nitriles is 1. The quantitative estimate of drug-likeness (QED) is 0.774. The molecule has 3 aromatic rings. The Bertz CT molecular complexity index is 1030. The number of aryl methyl sites for hydroxylation is 3. The molecule has 1 aliphatic rings. The molecule has 1 unspecified atom stereocenters.